The van der Waals surface area contributed by atoms with Crippen LogP contribution in [0.5, 0.6) is 0 Å². The minimum Gasteiger partial charge on any atom is -0.245 e. The van der Waals surface area contributed by atoms with Gasteiger partial charge in [0.2, 0.25) is 0 Å². The Balaban J connectivity index is 2.88. The fourth-order valence-corrected chi connectivity index (χ4v) is 3.54. The zero-order valence-electron chi connectivity index (χ0n) is 10.1. The number of hydrogen-bond acceptors (Lipinski definition) is 3. The molecule has 0 radical (unpaired) electrons. The third-order valence-corrected chi connectivity index (χ3v) is 4.60. The van der Waals surface area contributed by atoms with Gasteiger partial charge in [-0.05, 0) is 24.0 Å². The molecule has 0 aliphatic carbocycles. The molecule has 16 heavy (non-hydrogen) atoms. The zero-order valence-corrected chi connectivity index (χ0v) is 10.9. The van der Waals surface area contributed by atoms with Crippen LogP contribution in [-0.4, -0.2) is 19.2 Å². The quantitative estimate of drug-likeness (QED) is 0.796. The second-order valence-electron chi connectivity index (χ2n) is 4.36. The van der Waals surface area contributed by atoms with E-state index in [1.807, 2.05) is 6.92 Å². The monoisotopic (exact) mass is 241 g/mol. The highest BCUT2D eigenvalue weighted by Crippen LogP contribution is 2.20. The van der Waals surface area contributed by atoms with Crippen molar-refractivity contribution in [3.05, 3.63) is 24.4 Å². The highest BCUT2D eigenvalue weighted by Gasteiger charge is 2.23. The smallest absolute Gasteiger partial charge is 0.195 e. The molecule has 0 spiro atoms. The third kappa shape index (κ3) is 3.30. The SMILES string of the molecule is CC[C@@H](CS(=O)(=O)c1ccccn1)C(C)C. The lowest BCUT2D eigenvalue weighted by Gasteiger charge is -2.18. The van der Waals surface area contributed by atoms with Gasteiger partial charge in [0.25, 0.3) is 0 Å². The van der Waals surface area contributed by atoms with Crippen LogP contribution >= 0.6 is 0 Å². The van der Waals surface area contributed by atoms with E-state index in [1.54, 1.807) is 18.2 Å². The molecule has 1 rings (SSSR count). The Hall–Kier alpha value is -0.900. The average molecular weight is 241 g/mol. The summed E-state index contributed by atoms with van der Waals surface area (Å²) in [6, 6.07) is 4.98. The van der Waals surface area contributed by atoms with Gasteiger partial charge in [-0.3, -0.25) is 0 Å². The molecule has 0 aliphatic heterocycles. The van der Waals surface area contributed by atoms with Gasteiger partial charge in [-0.1, -0.05) is 33.3 Å². The van der Waals surface area contributed by atoms with Crippen molar-refractivity contribution < 1.29 is 8.42 Å². The van der Waals surface area contributed by atoms with E-state index in [2.05, 4.69) is 18.8 Å². The molecule has 0 amide bonds. The molecular weight excluding hydrogens is 222 g/mol. The largest absolute Gasteiger partial charge is 0.245 e. The first-order valence-electron chi connectivity index (χ1n) is 5.61. The number of aromatic nitrogens is 1. The number of hydrogen-bond donors (Lipinski definition) is 0. The highest BCUT2D eigenvalue weighted by atomic mass is 32.2. The van der Waals surface area contributed by atoms with Crippen molar-refractivity contribution >= 4 is 9.84 Å². The molecule has 1 aromatic heterocycles. The second-order valence-corrected chi connectivity index (χ2v) is 6.34. The first kappa shape index (κ1) is 13.2. The van der Waals surface area contributed by atoms with Gasteiger partial charge in [0.1, 0.15) is 0 Å². The Labute approximate surface area is 97.8 Å². The molecule has 90 valence electrons. The minimum absolute atomic E-state index is 0.189. The van der Waals surface area contributed by atoms with Crippen molar-refractivity contribution in [2.45, 2.75) is 32.2 Å². The molecular formula is C12H19NO2S. The van der Waals surface area contributed by atoms with Gasteiger partial charge in [-0.2, -0.15) is 0 Å². The van der Waals surface area contributed by atoms with Crippen molar-refractivity contribution in [1.29, 1.82) is 0 Å². The minimum atomic E-state index is -3.23. The van der Waals surface area contributed by atoms with E-state index in [4.69, 9.17) is 0 Å². The lowest BCUT2D eigenvalue weighted by atomic mass is 9.96. The standard InChI is InChI=1S/C12H19NO2S/c1-4-11(10(2)3)9-16(14,15)12-7-5-6-8-13-12/h5-8,10-11H,4,9H2,1-3H3/t11-/m0/s1. The Morgan fingerprint density at radius 3 is 2.44 bits per heavy atom. The molecule has 4 heteroatoms. The number of nitrogens with zero attached hydrogens (tertiary/aromatic N) is 1. The van der Waals surface area contributed by atoms with Crippen molar-refractivity contribution in [1.82, 2.24) is 4.98 Å². The van der Waals surface area contributed by atoms with Gasteiger partial charge in [0, 0.05) is 6.20 Å². The molecule has 0 bridgehead atoms. The summed E-state index contributed by atoms with van der Waals surface area (Å²) in [6.07, 6.45) is 2.40. The van der Waals surface area contributed by atoms with Crippen LogP contribution in [0.1, 0.15) is 27.2 Å². The number of pyridine rings is 1. The molecule has 0 aromatic carbocycles. The third-order valence-electron chi connectivity index (χ3n) is 2.86. The Kier molecular flexibility index (Phi) is 4.47. The van der Waals surface area contributed by atoms with Crippen molar-refractivity contribution in [2.24, 2.45) is 11.8 Å². The van der Waals surface area contributed by atoms with Crippen molar-refractivity contribution in [2.75, 3.05) is 5.75 Å². The fourth-order valence-electron chi connectivity index (χ4n) is 1.68. The normalized spacial score (nSPS) is 14.0. The lowest BCUT2D eigenvalue weighted by Crippen LogP contribution is -2.21. The van der Waals surface area contributed by atoms with E-state index >= 15 is 0 Å². The molecule has 1 aromatic rings. The summed E-state index contributed by atoms with van der Waals surface area (Å²) < 4.78 is 24.1. The van der Waals surface area contributed by atoms with E-state index in [0.29, 0.717) is 5.92 Å². The Morgan fingerprint density at radius 2 is 2.00 bits per heavy atom. The van der Waals surface area contributed by atoms with Gasteiger partial charge in [0.05, 0.1) is 5.75 Å². The lowest BCUT2D eigenvalue weighted by molar-refractivity contribution is 0.406. The van der Waals surface area contributed by atoms with Gasteiger partial charge in [0.15, 0.2) is 14.9 Å². The van der Waals surface area contributed by atoms with E-state index in [0.717, 1.165) is 6.42 Å². The maximum atomic E-state index is 12.0. The number of sulfone groups is 1. The first-order valence-corrected chi connectivity index (χ1v) is 7.26. The van der Waals surface area contributed by atoms with E-state index in [1.165, 1.54) is 6.20 Å². The van der Waals surface area contributed by atoms with Crippen LogP contribution < -0.4 is 0 Å². The molecule has 0 saturated carbocycles. The topological polar surface area (TPSA) is 47.0 Å². The summed E-state index contributed by atoms with van der Waals surface area (Å²) in [7, 11) is -3.23. The maximum absolute atomic E-state index is 12.0. The summed E-state index contributed by atoms with van der Waals surface area (Å²) in [6.45, 7) is 6.14. The highest BCUT2D eigenvalue weighted by molar-refractivity contribution is 7.91. The number of rotatable bonds is 5. The second kappa shape index (κ2) is 5.43. The van der Waals surface area contributed by atoms with Gasteiger partial charge in [-0.15, -0.1) is 0 Å². The predicted molar refractivity (Wildman–Crippen MR) is 64.9 cm³/mol. The van der Waals surface area contributed by atoms with Crippen LogP contribution in [0, 0.1) is 11.8 Å². The van der Waals surface area contributed by atoms with Crippen LogP contribution in [-0.2, 0) is 9.84 Å². The molecule has 3 nitrogen and oxygen atoms in total. The zero-order chi connectivity index (χ0) is 12.2. The molecule has 0 unspecified atom stereocenters. The Morgan fingerprint density at radius 1 is 1.31 bits per heavy atom. The van der Waals surface area contributed by atoms with Gasteiger partial charge in [-0.25, -0.2) is 13.4 Å². The van der Waals surface area contributed by atoms with Crippen LogP contribution in [0.2, 0.25) is 0 Å². The summed E-state index contributed by atoms with van der Waals surface area (Å²) in [4.78, 5) is 3.91. The summed E-state index contributed by atoms with van der Waals surface area (Å²) in [5.41, 5.74) is 0. The average Bonchev–Trinajstić information content (AvgIpc) is 2.27. The van der Waals surface area contributed by atoms with Crippen molar-refractivity contribution in [3.63, 3.8) is 0 Å². The predicted octanol–water partition coefficient (Wildman–Crippen LogP) is 2.54. The molecule has 1 atom stereocenters. The van der Waals surface area contributed by atoms with Crippen LogP contribution in [0.25, 0.3) is 0 Å². The molecule has 0 fully saturated rings. The molecule has 0 N–H and O–H groups in total. The summed E-state index contributed by atoms with van der Waals surface area (Å²) in [5, 5.41) is 0.189. The maximum Gasteiger partial charge on any atom is 0.195 e. The van der Waals surface area contributed by atoms with Gasteiger partial charge < -0.3 is 0 Å². The van der Waals surface area contributed by atoms with Crippen LogP contribution in [0.15, 0.2) is 29.4 Å². The van der Waals surface area contributed by atoms with E-state index < -0.39 is 9.84 Å². The molecule has 0 saturated heterocycles. The molecule has 0 aliphatic rings. The Bertz CT molecular complexity index is 412. The van der Waals surface area contributed by atoms with Crippen LogP contribution in [0.3, 0.4) is 0 Å². The van der Waals surface area contributed by atoms with Crippen LogP contribution in [0.4, 0.5) is 0 Å². The van der Waals surface area contributed by atoms with Crippen molar-refractivity contribution in [3.8, 4) is 0 Å². The summed E-state index contributed by atoms with van der Waals surface area (Å²) >= 11 is 0. The fraction of sp³-hybridized carbons (Fsp3) is 0.583. The molecule has 1 heterocycles. The van der Waals surface area contributed by atoms with E-state index in [-0.39, 0.29) is 16.7 Å². The van der Waals surface area contributed by atoms with E-state index in [9.17, 15) is 8.42 Å². The summed E-state index contributed by atoms with van der Waals surface area (Å²) in [5.74, 6) is 0.772. The first-order chi connectivity index (χ1) is 7.47. The van der Waals surface area contributed by atoms with Gasteiger partial charge >= 0.3 is 0 Å².